The van der Waals surface area contributed by atoms with Crippen molar-refractivity contribution in [3.05, 3.63) is 59.9 Å². The van der Waals surface area contributed by atoms with Gasteiger partial charge in [0, 0.05) is 19.5 Å². The van der Waals surface area contributed by atoms with Gasteiger partial charge in [0.2, 0.25) is 5.91 Å². The van der Waals surface area contributed by atoms with E-state index in [2.05, 4.69) is 20.9 Å². The van der Waals surface area contributed by atoms with Gasteiger partial charge in [0.15, 0.2) is 0 Å². The lowest BCUT2D eigenvalue weighted by molar-refractivity contribution is -0.121. The first-order chi connectivity index (χ1) is 12.2. The predicted octanol–water partition coefficient (Wildman–Crippen LogP) is 3.10. The molecule has 5 nitrogen and oxygen atoms in total. The molecule has 1 N–H and O–H groups in total. The van der Waals surface area contributed by atoms with Crippen molar-refractivity contribution in [1.29, 1.82) is 0 Å². The van der Waals surface area contributed by atoms with E-state index in [1.54, 1.807) is 7.11 Å². The number of nitrogens with zero attached hydrogens (tertiary/aromatic N) is 2. The second-order valence-electron chi connectivity index (χ2n) is 6.00. The fraction of sp³-hybridized carbons (Fsp3) is 0.300. The van der Waals surface area contributed by atoms with Crippen molar-refractivity contribution in [1.82, 2.24) is 14.9 Å². The average molecular weight is 337 g/mol. The molecule has 0 fully saturated rings. The maximum Gasteiger partial charge on any atom is 0.220 e. The number of aryl methyl sites for hydroxylation is 2. The summed E-state index contributed by atoms with van der Waals surface area (Å²) in [5, 5.41) is 2.99. The molecule has 0 spiro atoms. The van der Waals surface area contributed by atoms with Gasteiger partial charge >= 0.3 is 0 Å². The van der Waals surface area contributed by atoms with E-state index in [0.29, 0.717) is 19.4 Å². The van der Waals surface area contributed by atoms with Gasteiger partial charge in [-0.3, -0.25) is 4.79 Å². The van der Waals surface area contributed by atoms with E-state index < -0.39 is 0 Å². The van der Waals surface area contributed by atoms with Gasteiger partial charge in [-0.2, -0.15) is 0 Å². The zero-order valence-corrected chi connectivity index (χ0v) is 14.7. The molecule has 0 unspecified atom stereocenters. The van der Waals surface area contributed by atoms with Crippen molar-refractivity contribution in [2.75, 3.05) is 13.7 Å². The molecular weight excluding hydrogens is 314 g/mol. The predicted molar refractivity (Wildman–Crippen MR) is 98.8 cm³/mol. The number of ether oxygens (including phenoxy) is 1. The first-order valence-corrected chi connectivity index (χ1v) is 8.49. The molecule has 0 bridgehead atoms. The normalized spacial score (nSPS) is 10.8. The lowest BCUT2D eigenvalue weighted by atomic mass is 10.1. The van der Waals surface area contributed by atoms with E-state index in [0.717, 1.165) is 34.7 Å². The molecule has 25 heavy (non-hydrogen) atoms. The molecule has 1 amide bonds. The topological polar surface area (TPSA) is 56.1 Å². The van der Waals surface area contributed by atoms with Crippen LogP contribution in [0.2, 0.25) is 0 Å². The summed E-state index contributed by atoms with van der Waals surface area (Å²) >= 11 is 0. The van der Waals surface area contributed by atoms with Crippen LogP contribution < -0.4 is 10.1 Å². The highest BCUT2D eigenvalue weighted by Gasteiger charge is 2.07. The molecule has 0 saturated carbocycles. The molecule has 1 heterocycles. The summed E-state index contributed by atoms with van der Waals surface area (Å²) in [6, 6.07) is 15.9. The van der Waals surface area contributed by atoms with E-state index in [4.69, 9.17) is 4.74 Å². The number of nitrogens with one attached hydrogen (secondary N) is 1. The van der Waals surface area contributed by atoms with E-state index in [9.17, 15) is 4.79 Å². The summed E-state index contributed by atoms with van der Waals surface area (Å²) in [4.78, 5) is 16.6. The van der Waals surface area contributed by atoms with Crippen molar-refractivity contribution < 1.29 is 9.53 Å². The van der Waals surface area contributed by atoms with Gasteiger partial charge in [0.25, 0.3) is 0 Å². The fourth-order valence-corrected chi connectivity index (χ4v) is 2.96. The minimum absolute atomic E-state index is 0.0601. The van der Waals surface area contributed by atoms with Crippen LogP contribution in [-0.2, 0) is 17.8 Å². The van der Waals surface area contributed by atoms with Crippen molar-refractivity contribution >= 4 is 16.9 Å². The molecule has 1 aromatic heterocycles. The number of benzene rings is 2. The summed E-state index contributed by atoms with van der Waals surface area (Å²) < 4.78 is 7.34. The first-order valence-electron chi connectivity index (χ1n) is 8.49. The van der Waals surface area contributed by atoms with Gasteiger partial charge in [0.1, 0.15) is 11.6 Å². The van der Waals surface area contributed by atoms with Crippen LogP contribution in [0.5, 0.6) is 5.75 Å². The largest absolute Gasteiger partial charge is 0.497 e. The number of hydrogen-bond acceptors (Lipinski definition) is 3. The van der Waals surface area contributed by atoms with E-state index >= 15 is 0 Å². The zero-order chi connectivity index (χ0) is 17.6. The highest BCUT2D eigenvalue weighted by Crippen LogP contribution is 2.15. The number of fused-ring (bicyclic) bond motifs is 1. The molecule has 2 aromatic carbocycles. The Morgan fingerprint density at radius 3 is 2.88 bits per heavy atom. The van der Waals surface area contributed by atoms with Crippen LogP contribution in [0.25, 0.3) is 11.0 Å². The van der Waals surface area contributed by atoms with E-state index in [1.165, 1.54) is 0 Å². The minimum Gasteiger partial charge on any atom is -0.497 e. The minimum atomic E-state index is 0.0601. The molecule has 0 aliphatic rings. The van der Waals surface area contributed by atoms with Gasteiger partial charge < -0.3 is 14.6 Å². The van der Waals surface area contributed by atoms with Crippen LogP contribution in [0.4, 0.5) is 0 Å². The van der Waals surface area contributed by atoms with Crippen molar-refractivity contribution in [3.63, 3.8) is 0 Å². The van der Waals surface area contributed by atoms with Crippen molar-refractivity contribution in [2.45, 2.75) is 26.3 Å². The van der Waals surface area contributed by atoms with Gasteiger partial charge in [-0.1, -0.05) is 24.3 Å². The van der Waals surface area contributed by atoms with Gasteiger partial charge in [-0.25, -0.2) is 4.98 Å². The number of carbonyl (C=O) groups excluding carboxylic acids is 1. The van der Waals surface area contributed by atoms with Gasteiger partial charge in [-0.15, -0.1) is 0 Å². The highest BCUT2D eigenvalue weighted by molar-refractivity contribution is 5.77. The molecule has 130 valence electrons. The summed E-state index contributed by atoms with van der Waals surface area (Å²) in [7, 11) is 1.65. The van der Waals surface area contributed by atoms with Crippen molar-refractivity contribution in [3.8, 4) is 5.75 Å². The molecule has 0 radical (unpaired) electrons. The van der Waals surface area contributed by atoms with Gasteiger partial charge in [-0.05, 0) is 43.2 Å². The van der Waals surface area contributed by atoms with Crippen molar-refractivity contribution in [2.24, 2.45) is 0 Å². The first kappa shape index (κ1) is 17.0. The number of amides is 1. The van der Waals surface area contributed by atoms with Crippen LogP contribution in [-0.4, -0.2) is 29.1 Å². The molecule has 0 aliphatic heterocycles. The summed E-state index contributed by atoms with van der Waals surface area (Å²) in [6.07, 6.45) is 1.17. The second kappa shape index (κ2) is 7.83. The van der Waals surface area contributed by atoms with Crippen LogP contribution >= 0.6 is 0 Å². The monoisotopic (exact) mass is 337 g/mol. The Morgan fingerprint density at radius 2 is 2.04 bits per heavy atom. The molecule has 5 heteroatoms. The Hall–Kier alpha value is -2.82. The van der Waals surface area contributed by atoms with Crippen LogP contribution in [0, 0.1) is 6.92 Å². The smallest absolute Gasteiger partial charge is 0.220 e. The average Bonchev–Trinajstić information content (AvgIpc) is 2.96. The fourth-order valence-electron chi connectivity index (χ4n) is 2.96. The maximum absolute atomic E-state index is 12.1. The van der Waals surface area contributed by atoms with Crippen LogP contribution in [0.1, 0.15) is 17.8 Å². The van der Waals surface area contributed by atoms with Crippen LogP contribution in [0.15, 0.2) is 48.5 Å². The molecular formula is C20H23N3O2. The number of aromatic nitrogens is 2. The number of imidazole rings is 1. The highest BCUT2D eigenvalue weighted by atomic mass is 16.5. The van der Waals surface area contributed by atoms with E-state index in [-0.39, 0.29) is 5.91 Å². The quantitative estimate of drug-likeness (QED) is 0.721. The summed E-state index contributed by atoms with van der Waals surface area (Å²) in [5.74, 6) is 1.84. The SMILES string of the molecule is COc1cccc(CCC(=O)NCCn2c(C)nc3ccccc32)c1. The van der Waals surface area contributed by atoms with Gasteiger partial charge in [0.05, 0.1) is 18.1 Å². The number of para-hydroxylation sites is 2. The number of methoxy groups -OCH3 is 1. The lowest BCUT2D eigenvalue weighted by Crippen LogP contribution is -2.27. The lowest BCUT2D eigenvalue weighted by Gasteiger charge is -2.09. The molecule has 0 saturated heterocycles. The molecule has 3 aromatic rings. The number of carbonyl (C=O) groups is 1. The Labute approximate surface area is 147 Å². The Kier molecular flexibility index (Phi) is 5.33. The van der Waals surface area contributed by atoms with E-state index in [1.807, 2.05) is 49.4 Å². The Balaban J connectivity index is 1.50. The number of hydrogen-bond donors (Lipinski definition) is 1. The zero-order valence-electron chi connectivity index (χ0n) is 14.7. The molecule has 0 atom stereocenters. The second-order valence-corrected chi connectivity index (χ2v) is 6.00. The van der Waals surface area contributed by atoms with Crippen LogP contribution in [0.3, 0.4) is 0 Å². The Morgan fingerprint density at radius 1 is 1.20 bits per heavy atom. The third-order valence-electron chi connectivity index (χ3n) is 4.28. The summed E-state index contributed by atoms with van der Waals surface area (Å²) in [5.41, 5.74) is 3.20. The molecule has 0 aliphatic carbocycles. The number of rotatable bonds is 7. The Bertz CT molecular complexity index is 870. The third-order valence-corrected chi connectivity index (χ3v) is 4.28. The molecule has 3 rings (SSSR count). The third kappa shape index (κ3) is 4.18. The maximum atomic E-state index is 12.1. The standard InChI is InChI=1S/C20H23N3O2/c1-15-22-18-8-3-4-9-19(18)23(15)13-12-21-20(24)11-10-16-6-5-7-17(14-16)25-2/h3-9,14H,10-13H2,1-2H3,(H,21,24). The summed E-state index contributed by atoms with van der Waals surface area (Å²) in [6.45, 7) is 3.31.